The van der Waals surface area contributed by atoms with Crippen LogP contribution in [0.3, 0.4) is 0 Å². The zero-order valence-corrected chi connectivity index (χ0v) is 14.0. The average Bonchev–Trinajstić information content (AvgIpc) is 2.78. The number of rotatable bonds is 3. The number of halogens is 1. The smallest absolute Gasteiger partial charge is 0.251 e. The van der Waals surface area contributed by atoms with Crippen molar-refractivity contribution in [3.63, 3.8) is 0 Å². The third kappa shape index (κ3) is 3.59. The van der Waals surface area contributed by atoms with E-state index in [2.05, 4.69) is 58.6 Å². The molecule has 0 aliphatic carbocycles. The second kappa shape index (κ2) is 5.95. The van der Waals surface area contributed by atoms with Gasteiger partial charge in [0.15, 0.2) is 0 Å². The van der Waals surface area contributed by atoms with Gasteiger partial charge in [0.2, 0.25) is 0 Å². The van der Waals surface area contributed by atoms with E-state index < -0.39 is 0 Å². The Morgan fingerprint density at radius 3 is 2.50 bits per heavy atom. The lowest BCUT2D eigenvalue weighted by Crippen LogP contribution is -2.23. The Morgan fingerprint density at radius 1 is 1.30 bits per heavy atom. The molecule has 0 spiro atoms. The number of H-pyrrole nitrogens is 1. The van der Waals surface area contributed by atoms with E-state index in [4.69, 9.17) is 0 Å². The number of hydrogen-bond acceptors (Lipinski definition) is 2. The third-order valence-corrected chi connectivity index (χ3v) is 3.69. The number of benzene rings is 1. The largest absolute Gasteiger partial charge is 0.345 e. The van der Waals surface area contributed by atoms with Gasteiger partial charge in [0.1, 0.15) is 9.53 Å². The molecule has 0 saturated carbocycles. The van der Waals surface area contributed by atoms with E-state index >= 15 is 0 Å². The van der Waals surface area contributed by atoms with Gasteiger partial charge in [-0.1, -0.05) is 39.0 Å². The summed E-state index contributed by atoms with van der Waals surface area (Å²) >= 11 is 2.22. The minimum atomic E-state index is -0.0886. The number of amides is 1. The summed E-state index contributed by atoms with van der Waals surface area (Å²) in [6.07, 6.45) is 0. The topological polar surface area (TPSA) is 57.8 Å². The Balaban J connectivity index is 2.04. The minimum Gasteiger partial charge on any atom is -0.345 e. The second-order valence-electron chi connectivity index (χ2n) is 5.65. The Labute approximate surface area is 132 Å². The summed E-state index contributed by atoms with van der Waals surface area (Å²) in [5.41, 5.74) is 1.78. The van der Waals surface area contributed by atoms with E-state index in [0.29, 0.717) is 12.1 Å². The predicted molar refractivity (Wildman–Crippen MR) is 87.6 cm³/mol. The quantitative estimate of drug-likeness (QED) is 0.800. The normalized spacial score (nSPS) is 11.4. The van der Waals surface area contributed by atoms with Gasteiger partial charge in [-0.2, -0.15) is 0 Å². The van der Waals surface area contributed by atoms with Crippen LogP contribution in [0.4, 0.5) is 0 Å². The number of aromatic nitrogens is 2. The Kier molecular flexibility index (Phi) is 4.47. The maximum Gasteiger partial charge on any atom is 0.251 e. The molecule has 0 aliphatic rings. The highest BCUT2D eigenvalue weighted by molar-refractivity contribution is 14.1. The first kappa shape index (κ1) is 15.0. The van der Waals surface area contributed by atoms with Crippen LogP contribution in [0.1, 0.15) is 42.6 Å². The van der Waals surface area contributed by atoms with Crippen LogP contribution in [-0.4, -0.2) is 15.9 Å². The van der Waals surface area contributed by atoms with Crippen LogP contribution in [0.5, 0.6) is 0 Å². The molecule has 20 heavy (non-hydrogen) atoms. The molecule has 2 rings (SSSR count). The van der Waals surface area contributed by atoms with Gasteiger partial charge < -0.3 is 10.3 Å². The Morgan fingerprint density at radius 2 is 1.95 bits per heavy atom. The van der Waals surface area contributed by atoms with E-state index in [0.717, 1.165) is 15.2 Å². The summed E-state index contributed by atoms with van der Waals surface area (Å²) in [6, 6.07) is 9.18. The highest BCUT2D eigenvalue weighted by atomic mass is 127. The van der Waals surface area contributed by atoms with E-state index in [1.165, 1.54) is 0 Å². The highest BCUT2D eigenvalue weighted by Gasteiger charge is 2.21. The van der Waals surface area contributed by atoms with Gasteiger partial charge in [0.05, 0.1) is 12.2 Å². The SMILES string of the molecule is CC(C)(C)c1[nH]c(CNC(=O)c2ccccc2)nc1I. The van der Waals surface area contributed by atoms with Crippen molar-refractivity contribution in [1.82, 2.24) is 15.3 Å². The lowest BCUT2D eigenvalue weighted by molar-refractivity contribution is 0.0950. The van der Waals surface area contributed by atoms with Crippen molar-refractivity contribution in [3.05, 3.63) is 51.1 Å². The molecule has 0 bridgehead atoms. The van der Waals surface area contributed by atoms with Gasteiger partial charge in [-0.15, -0.1) is 0 Å². The van der Waals surface area contributed by atoms with Crippen LogP contribution >= 0.6 is 22.6 Å². The van der Waals surface area contributed by atoms with E-state index in [1.807, 2.05) is 18.2 Å². The first-order chi connectivity index (χ1) is 9.38. The number of carbonyl (C=O) groups excluding carboxylic acids is 1. The monoisotopic (exact) mass is 383 g/mol. The number of aromatic amines is 1. The number of imidazole rings is 1. The minimum absolute atomic E-state index is 0.0191. The van der Waals surface area contributed by atoms with E-state index in [-0.39, 0.29) is 11.3 Å². The molecule has 0 fully saturated rings. The van der Waals surface area contributed by atoms with Crippen LogP contribution in [0.2, 0.25) is 0 Å². The number of hydrogen-bond donors (Lipinski definition) is 2. The molecule has 2 aromatic rings. The van der Waals surface area contributed by atoms with Gasteiger partial charge >= 0.3 is 0 Å². The first-order valence-corrected chi connectivity index (χ1v) is 7.54. The molecule has 106 valence electrons. The zero-order chi connectivity index (χ0) is 14.8. The van der Waals surface area contributed by atoms with Crippen LogP contribution in [0.15, 0.2) is 30.3 Å². The fourth-order valence-electron chi connectivity index (χ4n) is 1.83. The van der Waals surface area contributed by atoms with Crippen molar-refractivity contribution < 1.29 is 4.79 Å². The highest BCUT2D eigenvalue weighted by Crippen LogP contribution is 2.24. The molecule has 2 N–H and O–H groups in total. The van der Waals surface area contributed by atoms with Crippen LogP contribution in [-0.2, 0) is 12.0 Å². The van der Waals surface area contributed by atoms with E-state index in [1.54, 1.807) is 12.1 Å². The van der Waals surface area contributed by atoms with Crippen molar-refractivity contribution in [2.75, 3.05) is 0 Å². The molecular weight excluding hydrogens is 365 g/mol. The number of nitrogens with zero attached hydrogens (tertiary/aromatic N) is 1. The van der Waals surface area contributed by atoms with Crippen LogP contribution < -0.4 is 5.32 Å². The van der Waals surface area contributed by atoms with Crippen LogP contribution in [0.25, 0.3) is 0 Å². The summed E-state index contributed by atoms with van der Waals surface area (Å²) in [6.45, 7) is 6.80. The van der Waals surface area contributed by atoms with Crippen molar-refractivity contribution in [1.29, 1.82) is 0 Å². The molecule has 4 nitrogen and oxygen atoms in total. The lowest BCUT2D eigenvalue weighted by atomic mass is 9.93. The molecule has 1 aromatic heterocycles. The van der Waals surface area contributed by atoms with Crippen LogP contribution in [0, 0.1) is 3.70 Å². The van der Waals surface area contributed by atoms with Gasteiger partial charge in [-0.3, -0.25) is 4.79 Å². The van der Waals surface area contributed by atoms with E-state index in [9.17, 15) is 4.79 Å². The average molecular weight is 383 g/mol. The number of carbonyl (C=O) groups is 1. The lowest BCUT2D eigenvalue weighted by Gasteiger charge is -2.16. The van der Waals surface area contributed by atoms with Gasteiger partial charge in [0.25, 0.3) is 5.91 Å². The molecule has 0 radical (unpaired) electrons. The standard InChI is InChI=1S/C15H18IN3O/c1-15(2,3)12-13(16)19-11(18-12)9-17-14(20)10-7-5-4-6-8-10/h4-8H,9H2,1-3H3,(H,17,20)(H,18,19). The maximum absolute atomic E-state index is 12.0. The molecule has 5 heteroatoms. The van der Waals surface area contributed by atoms with Crippen molar-refractivity contribution >= 4 is 28.5 Å². The first-order valence-electron chi connectivity index (χ1n) is 6.46. The molecule has 0 saturated heterocycles. The maximum atomic E-state index is 12.0. The third-order valence-electron chi connectivity index (χ3n) is 2.91. The molecule has 1 heterocycles. The Hall–Kier alpha value is -1.37. The second-order valence-corrected chi connectivity index (χ2v) is 6.67. The van der Waals surface area contributed by atoms with Crippen molar-refractivity contribution in [2.24, 2.45) is 0 Å². The zero-order valence-electron chi connectivity index (χ0n) is 11.8. The molecule has 0 unspecified atom stereocenters. The predicted octanol–water partition coefficient (Wildman–Crippen LogP) is 3.24. The van der Waals surface area contributed by atoms with Crippen molar-refractivity contribution in [2.45, 2.75) is 32.7 Å². The number of nitrogens with one attached hydrogen (secondary N) is 2. The summed E-state index contributed by atoms with van der Waals surface area (Å²) in [5, 5.41) is 2.87. The molecule has 0 atom stereocenters. The molecule has 1 amide bonds. The summed E-state index contributed by atoms with van der Waals surface area (Å²) in [4.78, 5) is 19.7. The summed E-state index contributed by atoms with van der Waals surface area (Å²) < 4.78 is 0.957. The summed E-state index contributed by atoms with van der Waals surface area (Å²) in [7, 11) is 0. The molecule has 1 aromatic carbocycles. The molecular formula is C15H18IN3O. The van der Waals surface area contributed by atoms with Gasteiger partial charge in [0, 0.05) is 11.0 Å². The van der Waals surface area contributed by atoms with Gasteiger partial charge in [-0.05, 0) is 34.7 Å². The molecule has 0 aliphatic heterocycles. The van der Waals surface area contributed by atoms with Crippen molar-refractivity contribution in [3.8, 4) is 0 Å². The summed E-state index contributed by atoms with van der Waals surface area (Å²) in [5.74, 6) is 0.693. The fraction of sp³-hybridized carbons (Fsp3) is 0.333. The Bertz CT molecular complexity index is 599. The van der Waals surface area contributed by atoms with Gasteiger partial charge in [-0.25, -0.2) is 4.98 Å². The fourth-order valence-corrected chi connectivity index (χ4v) is 3.07.